The molecule has 3 rings (SSSR count). The molecule has 2 aromatic heterocycles. The molecule has 1 unspecified atom stereocenters. The number of carbonyl (C=O) groups is 1. The molecule has 0 aromatic carbocycles. The van der Waals surface area contributed by atoms with Gasteiger partial charge in [0.05, 0.1) is 5.69 Å². The van der Waals surface area contributed by atoms with E-state index in [1.807, 2.05) is 12.1 Å². The molecule has 0 bridgehead atoms. The quantitative estimate of drug-likeness (QED) is 0.772. The summed E-state index contributed by atoms with van der Waals surface area (Å²) in [5, 5.41) is 0. The van der Waals surface area contributed by atoms with Gasteiger partial charge in [-0.2, -0.15) is 0 Å². The van der Waals surface area contributed by atoms with E-state index in [0.717, 1.165) is 11.3 Å². The van der Waals surface area contributed by atoms with E-state index in [0.29, 0.717) is 18.9 Å². The molecular formula is C15H12N4O. The van der Waals surface area contributed by atoms with Gasteiger partial charge in [-0.1, -0.05) is 0 Å². The molecule has 20 heavy (non-hydrogen) atoms. The van der Waals surface area contributed by atoms with Crippen LogP contribution in [0.1, 0.15) is 6.42 Å². The molecule has 1 saturated heterocycles. The van der Waals surface area contributed by atoms with Gasteiger partial charge in [0.2, 0.25) is 11.9 Å². The molecular weight excluding hydrogens is 252 g/mol. The van der Waals surface area contributed by atoms with Gasteiger partial charge >= 0.3 is 0 Å². The standard InChI is InChI=1S/C15H12N4O/c1-2-11-8-14(20)19(10-11)15-17-7-5-13(18-15)12-4-3-6-16-9-12/h1,3-7,9,11H,8,10H2. The van der Waals surface area contributed by atoms with Crippen LogP contribution in [0.3, 0.4) is 0 Å². The topological polar surface area (TPSA) is 59.0 Å². The van der Waals surface area contributed by atoms with Crippen LogP contribution in [0.15, 0.2) is 36.8 Å². The molecule has 1 aliphatic rings. The number of aromatic nitrogens is 3. The van der Waals surface area contributed by atoms with E-state index in [1.165, 1.54) is 0 Å². The molecule has 5 heteroatoms. The van der Waals surface area contributed by atoms with Crippen molar-refractivity contribution in [3.63, 3.8) is 0 Å². The van der Waals surface area contributed by atoms with Crippen molar-refractivity contribution in [3.05, 3.63) is 36.8 Å². The van der Waals surface area contributed by atoms with E-state index in [9.17, 15) is 4.79 Å². The highest BCUT2D eigenvalue weighted by atomic mass is 16.2. The number of hydrogen-bond donors (Lipinski definition) is 0. The van der Waals surface area contributed by atoms with Gasteiger partial charge in [-0.15, -0.1) is 12.3 Å². The molecule has 0 spiro atoms. The zero-order chi connectivity index (χ0) is 13.9. The van der Waals surface area contributed by atoms with Gasteiger partial charge in [0.25, 0.3) is 0 Å². The lowest BCUT2D eigenvalue weighted by Gasteiger charge is -2.14. The van der Waals surface area contributed by atoms with Gasteiger partial charge in [-0.3, -0.25) is 14.7 Å². The number of terminal acetylenes is 1. The van der Waals surface area contributed by atoms with Crippen molar-refractivity contribution in [2.45, 2.75) is 6.42 Å². The van der Waals surface area contributed by atoms with Gasteiger partial charge in [0.1, 0.15) is 0 Å². The maximum Gasteiger partial charge on any atom is 0.232 e. The summed E-state index contributed by atoms with van der Waals surface area (Å²) in [7, 11) is 0. The summed E-state index contributed by atoms with van der Waals surface area (Å²) < 4.78 is 0. The van der Waals surface area contributed by atoms with Crippen LogP contribution >= 0.6 is 0 Å². The van der Waals surface area contributed by atoms with Crippen LogP contribution < -0.4 is 4.90 Å². The lowest BCUT2D eigenvalue weighted by Crippen LogP contribution is -2.26. The molecule has 1 amide bonds. The number of hydrogen-bond acceptors (Lipinski definition) is 4. The molecule has 0 aliphatic carbocycles. The Hall–Kier alpha value is -2.74. The summed E-state index contributed by atoms with van der Waals surface area (Å²) in [6, 6.07) is 5.54. The highest BCUT2D eigenvalue weighted by Crippen LogP contribution is 2.23. The van der Waals surface area contributed by atoms with Crippen LogP contribution in [-0.2, 0) is 4.79 Å². The molecule has 0 radical (unpaired) electrons. The molecule has 2 aromatic rings. The number of nitrogens with zero attached hydrogens (tertiary/aromatic N) is 4. The van der Waals surface area contributed by atoms with E-state index < -0.39 is 0 Å². The van der Waals surface area contributed by atoms with E-state index in [2.05, 4.69) is 20.9 Å². The van der Waals surface area contributed by atoms with Crippen molar-refractivity contribution in [1.29, 1.82) is 0 Å². The summed E-state index contributed by atoms with van der Waals surface area (Å²) in [5.74, 6) is 2.92. The minimum Gasteiger partial charge on any atom is -0.279 e. The first kappa shape index (κ1) is 12.3. The third kappa shape index (κ3) is 2.24. The number of carbonyl (C=O) groups excluding carboxylic acids is 1. The molecule has 1 fully saturated rings. The predicted molar refractivity (Wildman–Crippen MR) is 74.6 cm³/mol. The Morgan fingerprint density at radius 1 is 1.35 bits per heavy atom. The average molecular weight is 264 g/mol. The fraction of sp³-hybridized carbons (Fsp3) is 0.200. The second kappa shape index (κ2) is 5.10. The lowest BCUT2D eigenvalue weighted by atomic mass is 10.1. The highest BCUT2D eigenvalue weighted by Gasteiger charge is 2.31. The maximum absolute atomic E-state index is 11.9. The highest BCUT2D eigenvalue weighted by molar-refractivity contribution is 5.94. The molecule has 1 atom stereocenters. The number of amides is 1. The van der Waals surface area contributed by atoms with Crippen LogP contribution in [0, 0.1) is 18.3 Å². The smallest absolute Gasteiger partial charge is 0.232 e. The Labute approximate surface area is 116 Å². The van der Waals surface area contributed by atoms with Gasteiger partial charge < -0.3 is 0 Å². The fourth-order valence-corrected chi connectivity index (χ4v) is 2.17. The van der Waals surface area contributed by atoms with Crippen LogP contribution in [0.25, 0.3) is 11.3 Å². The number of rotatable bonds is 2. The minimum atomic E-state index is -0.0619. The van der Waals surface area contributed by atoms with Gasteiger partial charge in [-0.05, 0) is 18.2 Å². The third-order valence-electron chi connectivity index (χ3n) is 3.20. The first-order chi connectivity index (χ1) is 9.78. The van der Waals surface area contributed by atoms with E-state index in [1.54, 1.807) is 29.6 Å². The Balaban J connectivity index is 1.93. The van der Waals surface area contributed by atoms with E-state index >= 15 is 0 Å². The number of anilines is 1. The summed E-state index contributed by atoms with van der Waals surface area (Å²) in [5.41, 5.74) is 1.62. The van der Waals surface area contributed by atoms with Crippen LogP contribution in [0.2, 0.25) is 0 Å². The van der Waals surface area contributed by atoms with Gasteiger partial charge in [0.15, 0.2) is 0 Å². The van der Waals surface area contributed by atoms with Gasteiger partial charge in [-0.25, -0.2) is 9.97 Å². The Morgan fingerprint density at radius 3 is 2.95 bits per heavy atom. The third-order valence-corrected chi connectivity index (χ3v) is 3.20. The van der Waals surface area contributed by atoms with Crippen molar-refractivity contribution in [2.24, 2.45) is 5.92 Å². The average Bonchev–Trinajstić information content (AvgIpc) is 2.89. The lowest BCUT2D eigenvalue weighted by molar-refractivity contribution is -0.117. The molecule has 0 saturated carbocycles. The summed E-state index contributed by atoms with van der Waals surface area (Å²) in [6.45, 7) is 0.478. The molecule has 0 N–H and O–H groups in total. The van der Waals surface area contributed by atoms with Crippen LogP contribution in [0.4, 0.5) is 5.95 Å². The maximum atomic E-state index is 11.9. The van der Waals surface area contributed by atoms with Crippen molar-refractivity contribution < 1.29 is 4.79 Å². The van der Waals surface area contributed by atoms with Crippen molar-refractivity contribution in [3.8, 4) is 23.6 Å². The number of pyridine rings is 1. The van der Waals surface area contributed by atoms with Gasteiger partial charge in [0, 0.05) is 43.0 Å². The second-order valence-electron chi connectivity index (χ2n) is 4.56. The normalized spacial score (nSPS) is 18.1. The van der Waals surface area contributed by atoms with Crippen molar-refractivity contribution in [1.82, 2.24) is 15.0 Å². The van der Waals surface area contributed by atoms with Crippen LogP contribution in [0.5, 0.6) is 0 Å². The summed E-state index contributed by atoms with van der Waals surface area (Å²) in [6.07, 6.45) is 10.8. The molecule has 5 nitrogen and oxygen atoms in total. The van der Waals surface area contributed by atoms with Crippen molar-refractivity contribution in [2.75, 3.05) is 11.4 Å². The molecule has 1 aliphatic heterocycles. The van der Waals surface area contributed by atoms with E-state index in [-0.39, 0.29) is 11.8 Å². The van der Waals surface area contributed by atoms with E-state index in [4.69, 9.17) is 6.42 Å². The predicted octanol–water partition coefficient (Wildman–Crippen LogP) is 1.52. The second-order valence-corrected chi connectivity index (χ2v) is 4.56. The first-order valence-corrected chi connectivity index (χ1v) is 6.28. The first-order valence-electron chi connectivity index (χ1n) is 6.28. The molecule has 3 heterocycles. The SMILES string of the molecule is C#CC1CC(=O)N(c2nccc(-c3cccnc3)n2)C1. The monoisotopic (exact) mass is 264 g/mol. The fourth-order valence-electron chi connectivity index (χ4n) is 2.17. The Kier molecular flexibility index (Phi) is 3.13. The minimum absolute atomic E-state index is 0.0312. The zero-order valence-electron chi connectivity index (χ0n) is 10.7. The Morgan fingerprint density at radius 2 is 2.25 bits per heavy atom. The molecule has 98 valence electrons. The largest absolute Gasteiger partial charge is 0.279 e. The summed E-state index contributed by atoms with van der Waals surface area (Å²) >= 11 is 0. The van der Waals surface area contributed by atoms with Crippen LogP contribution in [-0.4, -0.2) is 27.4 Å². The zero-order valence-corrected chi connectivity index (χ0v) is 10.7. The summed E-state index contributed by atoms with van der Waals surface area (Å²) in [4.78, 5) is 26.1. The van der Waals surface area contributed by atoms with Crippen molar-refractivity contribution >= 4 is 11.9 Å². The Bertz CT molecular complexity index is 678.